The number of hydrogen-bond acceptors (Lipinski definition) is 2. The predicted octanol–water partition coefficient (Wildman–Crippen LogP) is 3.84. The SMILES string of the molecule is Cc1cc(CNCCc2ccccc2F)c(C)s1. The molecular formula is C15H18FNS. The fourth-order valence-corrected chi connectivity index (χ4v) is 2.95. The van der Waals surface area contributed by atoms with E-state index in [2.05, 4.69) is 25.2 Å². The molecule has 1 aromatic carbocycles. The van der Waals surface area contributed by atoms with E-state index in [1.54, 1.807) is 6.07 Å². The topological polar surface area (TPSA) is 12.0 Å². The van der Waals surface area contributed by atoms with Crippen LogP contribution in [0, 0.1) is 19.7 Å². The molecule has 0 fully saturated rings. The molecule has 0 aliphatic heterocycles. The van der Waals surface area contributed by atoms with Gasteiger partial charge in [0.2, 0.25) is 0 Å². The Morgan fingerprint density at radius 1 is 1.17 bits per heavy atom. The second-order valence-corrected chi connectivity index (χ2v) is 5.92. The quantitative estimate of drug-likeness (QED) is 0.808. The van der Waals surface area contributed by atoms with Crippen molar-refractivity contribution in [1.29, 1.82) is 0 Å². The number of aryl methyl sites for hydroxylation is 2. The molecule has 2 aromatic rings. The minimum atomic E-state index is -0.109. The molecule has 1 nitrogen and oxygen atoms in total. The van der Waals surface area contributed by atoms with Crippen LogP contribution in [0.25, 0.3) is 0 Å². The molecule has 1 N–H and O–H groups in total. The largest absolute Gasteiger partial charge is 0.312 e. The number of halogens is 1. The first-order chi connectivity index (χ1) is 8.66. The summed E-state index contributed by atoms with van der Waals surface area (Å²) in [6, 6.07) is 9.18. The van der Waals surface area contributed by atoms with Crippen LogP contribution in [-0.4, -0.2) is 6.54 Å². The molecule has 18 heavy (non-hydrogen) atoms. The lowest BCUT2D eigenvalue weighted by Crippen LogP contribution is -2.17. The summed E-state index contributed by atoms with van der Waals surface area (Å²) < 4.78 is 13.4. The van der Waals surface area contributed by atoms with E-state index in [-0.39, 0.29) is 5.82 Å². The minimum Gasteiger partial charge on any atom is -0.312 e. The molecule has 0 amide bonds. The fourth-order valence-electron chi connectivity index (χ4n) is 2.01. The van der Waals surface area contributed by atoms with Gasteiger partial charge < -0.3 is 5.32 Å². The Balaban J connectivity index is 1.80. The average molecular weight is 263 g/mol. The minimum absolute atomic E-state index is 0.109. The van der Waals surface area contributed by atoms with E-state index in [4.69, 9.17) is 0 Å². The average Bonchev–Trinajstić information content (AvgIpc) is 2.65. The van der Waals surface area contributed by atoms with Crippen LogP contribution in [0.5, 0.6) is 0 Å². The summed E-state index contributed by atoms with van der Waals surface area (Å²) in [5, 5.41) is 3.37. The van der Waals surface area contributed by atoms with E-state index in [0.717, 1.165) is 25.1 Å². The van der Waals surface area contributed by atoms with Gasteiger partial charge in [-0.3, -0.25) is 0 Å². The third kappa shape index (κ3) is 3.40. The highest BCUT2D eigenvalue weighted by Gasteiger charge is 2.03. The van der Waals surface area contributed by atoms with Gasteiger partial charge in [0.1, 0.15) is 5.82 Å². The summed E-state index contributed by atoms with van der Waals surface area (Å²) in [7, 11) is 0. The summed E-state index contributed by atoms with van der Waals surface area (Å²) in [6.07, 6.45) is 0.731. The van der Waals surface area contributed by atoms with Crippen molar-refractivity contribution >= 4 is 11.3 Å². The zero-order chi connectivity index (χ0) is 13.0. The molecule has 2 rings (SSSR count). The van der Waals surface area contributed by atoms with Crippen LogP contribution in [0.1, 0.15) is 20.9 Å². The Kier molecular flexibility index (Phi) is 4.50. The molecule has 96 valence electrons. The van der Waals surface area contributed by atoms with Crippen LogP contribution in [0.4, 0.5) is 4.39 Å². The van der Waals surface area contributed by atoms with Crippen LogP contribution in [-0.2, 0) is 13.0 Å². The van der Waals surface area contributed by atoms with Crippen molar-refractivity contribution < 1.29 is 4.39 Å². The lowest BCUT2D eigenvalue weighted by molar-refractivity contribution is 0.598. The number of benzene rings is 1. The first-order valence-electron chi connectivity index (χ1n) is 6.17. The summed E-state index contributed by atoms with van der Waals surface area (Å²) >= 11 is 1.83. The summed E-state index contributed by atoms with van der Waals surface area (Å²) in [6.45, 7) is 5.94. The first-order valence-corrected chi connectivity index (χ1v) is 6.98. The molecule has 3 heteroatoms. The van der Waals surface area contributed by atoms with Gasteiger partial charge in [-0.1, -0.05) is 18.2 Å². The maximum Gasteiger partial charge on any atom is 0.126 e. The monoisotopic (exact) mass is 263 g/mol. The van der Waals surface area contributed by atoms with Gasteiger partial charge in [-0.15, -0.1) is 11.3 Å². The van der Waals surface area contributed by atoms with Crippen molar-refractivity contribution in [3.05, 3.63) is 57.0 Å². The Bertz CT molecular complexity index is 519. The molecule has 0 unspecified atom stereocenters. The molecule has 0 atom stereocenters. The van der Waals surface area contributed by atoms with Crippen molar-refractivity contribution in [2.45, 2.75) is 26.8 Å². The second-order valence-electron chi connectivity index (χ2n) is 4.46. The number of rotatable bonds is 5. The van der Waals surface area contributed by atoms with Crippen molar-refractivity contribution in [2.75, 3.05) is 6.54 Å². The molecule has 0 bridgehead atoms. The van der Waals surface area contributed by atoms with Gasteiger partial charge in [0.15, 0.2) is 0 Å². The molecule has 0 saturated heterocycles. The molecule has 1 heterocycles. The molecule has 1 aromatic heterocycles. The van der Waals surface area contributed by atoms with E-state index in [1.807, 2.05) is 23.5 Å². The summed E-state index contributed by atoms with van der Waals surface area (Å²) in [5.74, 6) is -0.109. The molecule has 0 aliphatic rings. The number of nitrogens with one attached hydrogen (secondary N) is 1. The van der Waals surface area contributed by atoms with Crippen LogP contribution in [0.15, 0.2) is 30.3 Å². The highest BCUT2D eigenvalue weighted by molar-refractivity contribution is 7.12. The smallest absolute Gasteiger partial charge is 0.126 e. The zero-order valence-corrected chi connectivity index (χ0v) is 11.6. The maximum absolute atomic E-state index is 13.4. The number of hydrogen-bond donors (Lipinski definition) is 1. The van der Waals surface area contributed by atoms with Crippen molar-refractivity contribution in [2.24, 2.45) is 0 Å². The third-order valence-corrected chi connectivity index (χ3v) is 4.00. The lowest BCUT2D eigenvalue weighted by atomic mass is 10.1. The maximum atomic E-state index is 13.4. The lowest BCUT2D eigenvalue weighted by Gasteiger charge is -2.05. The van der Waals surface area contributed by atoms with E-state index in [0.29, 0.717) is 0 Å². The molecular weight excluding hydrogens is 245 g/mol. The molecule has 0 saturated carbocycles. The van der Waals surface area contributed by atoms with E-state index >= 15 is 0 Å². The normalized spacial score (nSPS) is 10.8. The highest BCUT2D eigenvalue weighted by atomic mass is 32.1. The van der Waals surface area contributed by atoms with Gasteiger partial charge in [-0.25, -0.2) is 4.39 Å². The van der Waals surface area contributed by atoms with Gasteiger partial charge in [-0.05, 0) is 50.1 Å². The fraction of sp³-hybridized carbons (Fsp3) is 0.333. The van der Waals surface area contributed by atoms with Crippen LogP contribution < -0.4 is 5.32 Å². The standard InChI is InChI=1S/C15H18FNS/c1-11-9-14(12(2)18-11)10-17-8-7-13-5-3-4-6-15(13)16/h3-6,9,17H,7-8,10H2,1-2H3. The van der Waals surface area contributed by atoms with Gasteiger partial charge in [0, 0.05) is 16.3 Å². The van der Waals surface area contributed by atoms with Crippen LogP contribution in [0.3, 0.4) is 0 Å². The van der Waals surface area contributed by atoms with E-state index in [9.17, 15) is 4.39 Å². The second kappa shape index (κ2) is 6.12. The van der Waals surface area contributed by atoms with E-state index in [1.165, 1.54) is 21.4 Å². The Hall–Kier alpha value is -1.19. The Labute approximate surface area is 112 Å². The van der Waals surface area contributed by atoms with Gasteiger partial charge in [0.05, 0.1) is 0 Å². The van der Waals surface area contributed by atoms with Crippen molar-refractivity contribution in [3.8, 4) is 0 Å². The van der Waals surface area contributed by atoms with Gasteiger partial charge >= 0.3 is 0 Å². The third-order valence-electron chi connectivity index (χ3n) is 2.99. The first kappa shape index (κ1) is 13.2. The summed E-state index contributed by atoms with van der Waals surface area (Å²) in [5.41, 5.74) is 2.13. The Morgan fingerprint density at radius 3 is 2.61 bits per heavy atom. The van der Waals surface area contributed by atoms with Crippen molar-refractivity contribution in [3.63, 3.8) is 0 Å². The van der Waals surface area contributed by atoms with E-state index < -0.39 is 0 Å². The van der Waals surface area contributed by atoms with Gasteiger partial charge in [-0.2, -0.15) is 0 Å². The Morgan fingerprint density at radius 2 is 1.94 bits per heavy atom. The molecule has 0 spiro atoms. The summed E-state index contributed by atoms with van der Waals surface area (Å²) in [4.78, 5) is 2.71. The van der Waals surface area contributed by atoms with Crippen LogP contribution in [0.2, 0.25) is 0 Å². The predicted molar refractivity (Wildman–Crippen MR) is 75.6 cm³/mol. The molecule has 0 aliphatic carbocycles. The molecule has 0 radical (unpaired) electrons. The van der Waals surface area contributed by atoms with Crippen molar-refractivity contribution in [1.82, 2.24) is 5.32 Å². The highest BCUT2D eigenvalue weighted by Crippen LogP contribution is 2.20. The number of thiophene rings is 1. The zero-order valence-electron chi connectivity index (χ0n) is 10.8. The van der Waals surface area contributed by atoms with Crippen LogP contribution >= 0.6 is 11.3 Å². The van der Waals surface area contributed by atoms with Gasteiger partial charge in [0.25, 0.3) is 0 Å².